The predicted octanol–water partition coefficient (Wildman–Crippen LogP) is 3.17. The molecule has 4 heteroatoms. The third-order valence-electron chi connectivity index (χ3n) is 5.50. The molecule has 0 bridgehead atoms. The Hall–Kier alpha value is -1.65. The van der Waals surface area contributed by atoms with Crippen LogP contribution in [-0.4, -0.2) is 34.3 Å². The Morgan fingerprint density at radius 2 is 2.35 bits per heavy atom. The number of nitrogens with zero attached hydrogens (tertiary/aromatic N) is 2. The second-order valence-electron chi connectivity index (χ2n) is 7.13. The highest BCUT2D eigenvalue weighted by Gasteiger charge is 2.43. The molecule has 0 radical (unpaired) electrons. The van der Waals surface area contributed by atoms with Crippen molar-refractivity contribution in [2.24, 2.45) is 0 Å². The van der Waals surface area contributed by atoms with Crippen molar-refractivity contribution in [1.29, 1.82) is 0 Å². The Labute approximate surface area is 137 Å². The summed E-state index contributed by atoms with van der Waals surface area (Å²) in [6, 6.07) is 7.39. The van der Waals surface area contributed by atoms with Crippen LogP contribution in [0.4, 0.5) is 0 Å². The number of hydrogen-bond acceptors (Lipinski definition) is 3. The van der Waals surface area contributed by atoms with Crippen LogP contribution < -0.4 is 0 Å². The van der Waals surface area contributed by atoms with Gasteiger partial charge in [-0.15, -0.1) is 0 Å². The van der Waals surface area contributed by atoms with Gasteiger partial charge in [-0.3, -0.25) is 10.00 Å². The number of ether oxygens (including phenoxy) is 1. The van der Waals surface area contributed by atoms with Crippen molar-refractivity contribution in [2.45, 2.75) is 51.3 Å². The van der Waals surface area contributed by atoms with Crippen molar-refractivity contribution in [1.82, 2.24) is 15.1 Å². The number of rotatable bonds is 2. The van der Waals surface area contributed by atoms with E-state index in [4.69, 9.17) is 4.74 Å². The normalized spacial score (nSPS) is 28.0. The summed E-state index contributed by atoms with van der Waals surface area (Å²) < 4.78 is 6.40. The molecule has 3 heterocycles. The summed E-state index contributed by atoms with van der Waals surface area (Å²) >= 11 is 0. The average Bonchev–Trinajstić information content (AvgIpc) is 3.04. The minimum absolute atomic E-state index is 0.0775. The Bertz CT molecular complexity index is 682. The molecule has 4 rings (SSSR count). The number of hydrogen-bond donors (Lipinski definition) is 1. The smallest absolute Gasteiger partial charge is 0.0961 e. The van der Waals surface area contributed by atoms with Crippen LogP contribution in [0.25, 0.3) is 0 Å². The second-order valence-corrected chi connectivity index (χ2v) is 7.13. The minimum Gasteiger partial charge on any atom is -0.370 e. The molecule has 0 amide bonds. The first-order valence-corrected chi connectivity index (χ1v) is 8.62. The Morgan fingerprint density at radius 1 is 1.43 bits per heavy atom. The highest BCUT2D eigenvalue weighted by molar-refractivity contribution is 5.38. The topological polar surface area (TPSA) is 41.2 Å². The van der Waals surface area contributed by atoms with Gasteiger partial charge in [-0.25, -0.2) is 0 Å². The molecule has 1 aromatic carbocycles. The van der Waals surface area contributed by atoms with Gasteiger partial charge in [0.05, 0.1) is 18.4 Å². The van der Waals surface area contributed by atoms with Crippen molar-refractivity contribution in [3.63, 3.8) is 0 Å². The maximum absolute atomic E-state index is 6.40. The van der Waals surface area contributed by atoms with E-state index >= 15 is 0 Å². The summed E-state index contributed by atoms with van der Waals surface area (Å²) in [6.45, 7) is 7.40. The molecule has 0 saturated carbocycles. The van der Waals surface area contributed by atoms with Gasteiger partial charge in [-0.1, -0.05) is 23.8 Å². The number of aryl methyl sites for hydroxylation is 1. The van der Waals surface area contributed by atoms with Crippen LogP contribution in [0.5, 0.6) is 0 Å². The van der Waals surface area contributed by atoms with Crippen LogP contribution in [0.1, 0.15) is 42.0 Å². The fourth-order valence-electron chi connectivity index (χ4n) is 4.23. The molecule has 1 aromatic heterocycles. The van der Waals surface area contributed by atoms with Gasteiger partial charge in [-0.05, 0) is 44.2 Å². The van der Waals surface area contributed by atoms with Crippen molar-refractivity contribution in [3.05, 3.63) is 52.8 Å². The number of benzene rings is 1. The number of fused-ring (bicyclic) bond motifs is 2. The van der Waals surface area contributed by atoms with E-state index in [-0.39, 0.29) is 5.60 Å². The SMILES string of the molecule is Cc1ccc2c(c1)[C@@]1(CCN(Cc3cn[nH]c3)[C@@H](C)C1)OCC2. The molecule has 0 unspecified atom stereocenters. The predicted molar refractivity (Wildman–Crippen MR) is 90.2 cm³/mol. The van der Waals surface area contributed by atoms with Crippen molar-refractivity contribution in [2.75, 3.05) is 13.2 Å². The van der Waals surface area contributed by atoms with Crippen molar-refractivity contribution >= 4 is 0 Å². The lowest BCUT2D eigenvalue weighted by Gasteiger charge is -2.48. The van der Waals surface area contributed by atoms with Crippen LogP contribution in [0, 0.1) is 6.92 Å². The number of aromatic nitrogens is 2. The fourth-order valence-corrected chi connectivity index (χ4v) is 4.23. The molecule has 122 valence electrons. The van der Waals surface area contributed by atoms with Gasteiger partial charge < -0.3 is 4.74 Å². The summed E-state index contributed by atoms with van der Waals surface area (Å²) in [5.74, 6) is 0. The van der Waals surface area contributed by atoms with Gasteiger partial charge in [0.15, 0.2) is 0 Å². The third-order valence-corrected chi connectivity index (χ3v) is 5.50. The monoisotopic (exact) mass is 311 g/mol. The maximum atomic E-state index is 6.40. The van der Waals surface area contributed by atoms with Crippen LogP contribution in [-0.2, 0) is 23.3 Å². The highest BCUT2D eigenvalue weighted by atomic mass is 16.5. The van der Waals surface area contributed by atoms with Crippen LogP contribution in [0.2, 0.25) is 0 Å². The zero-order chi connectivity index (χ0) is 15.9. The van der Waals surface area contributed by atoms with E-state index in [1.54, 1.807) is 0 Å². The van der Waals surface area contributed by atoms with Gasteiger partial charge in [-0.2, -0.15) is 5.10 Å². The number of piperidine rings is 1. The van der Waals surface area contributed by atoms with E-state index in [0.717, 1.165) is 39.0 Å². The zero-order valence-electron chi connectivity index (χ0n) is 14.0. The minimum atomic E-state index is -0.0775. The second kappa shape index (κ2) is 5.77. The molecule has 2 aliphatic heterocycles. The zero-order valence-corrected chi connectivity index (χ0v) is 14.0. The lowest BCUT2D eigenvalue weighted by Crippen LogP contribution is -2.50. The van der Waals surface area contributed by atoms with E-state index in [1.807, 2.05) is 12.4 Å². The lowest BCUT2D eigenvalue weighted by atomic mass is 9.76. The van der Waals surface area contributed by atoms with Crippen molar-refractivity contribution in [3.8, 4) is 0 Å². The largest absolute Gasteiger partial charge is 0.370 e. The lowest BCUT2D eigenvalue weighted by molar-refractivity contribution is -0.113. The summed E-state index contributed by atoms with van der Waals surface area (Å²) in [4.78, 5) is 2.55. The van der Waals surface area contributed by atoms with Crippen LogP contribution >= 0.6 is 0 Å². The fraction of sp³-hybridized carbons (Fsp3) is 0.526. The Morgan fingerprint density at radius 3 is 3.13 bits per heavy atom. The molecule has 4 nitrogen and oxygen atoms in total. The average molecular weight is 311 g/mol. The van der Waals surface area contributed by atoms with E-state index < -0.39 is 0 Å². The van der Waals surface area contributed by atoms with E-state index in [2.05, 4.69) is 47.1 Å². The molecule has 2 aliphatic rings. The van der Waals surface area contributed by atoms with Gasteiger partial charge in [0.25, 0.3) is 0 Å². The molecular formula is C19H25N3O. The number of H-pyrrole nitrogens is 1. The molecular weight excluding hydrogens is 286 g/mol. The van der Waals surface area contributed by atoms with Crippen LogP contribution in [0.3, 0.4) is 0 Å². The third kappa shape index (κ3) is 2.70. The van der Waals surface area contributed by atoms with Gasteiger partial charge in [0.1, 0.15) is 0 Å². The first kappa shape index (κ1) is 14.9. The Balaban J connectivity index is 1.57. The summed E-state index contributed by atoms with van der Waals surface area (Å²) in [5, 5.41) is 6.97. The Kier molecular flexibility index (Phi) is 3.74. The summed E-state index contributed by atoms with van der Waals surface area (Å²) in [7, 11) is 0. The van der Waals surface area contributed by atoms with Crippen molar-refractivity contribution < 1.29 is 4.74 Å². The summed E-state index contributed by atoms with van der Waals surface area (Å²) in [6.07, 6.45) is 7.11. The number of aromatic amines is 1. The summed E-state index contributed by atoms with van der Waals surface area (Å²) in [5.41, 5.74) is 5.44. The molecule has 23 heavy (non-hydrogen) atoms. The molecule has 0 aliphatic carbocycles. The molecule has 1 saturated heterocycles. The molecule has 1 fully saturated rings. The molecule has 2 aromatic rings. The van der Waals surface area contributed by atoms with Gasteiger partial charge >= 0.3 is 0 Å². The molecule has 1 spiro atoms. The highest BCUT2D eigenvalue weighted by Crippen LogP contribution is 2.43. The maximum Gasteiger partial charge on any atom is 0.0961 e. The van der Waals surface area contributed by atoms with Gasteiger partial charge in [0.2, 0.25) is 0 Å². The van der Waals surface area contributed by atoms with Crippen LogP contribution in [0.15, 0.2) is 30.6 Å². The van der Waals surface area contributed by atoms with E-state index in [9.17, 15) is 0 Å². The first-order valence-electron chi connectivity index (χ1n) is 8.62. The molecule has 2 atom stereocenters. The first-order chi connectivity index (χ1) is 11.2. The number of nitrogens with one attached hydrogen (secondary N) is 1. The molecule has 1 N–H and O–H groups in total. The van der Waals surface area contributed by atoms with Gasteiger partial charge in [0, 0.05) is 30.9 Å². The standard InChI is InChI=1S/C19H25N3O/c1-14-3-4-17-5-8-23-19(18(17)9-14)6-7-22(15(2)10-19)13-16-11-20-21-12-16/h3-4,9,11-12,15H,5-8,10,13H2,1-2H3,(H,20,21)/t15-,19-/m0/s1. The van der Waals surface area contributed by atoms with E-state index in [1.165, 1.54) is 22.3 Å². The number of likely N-dealkylation sites (tertiary alicyclic amines) is 1. The quantitative estimate of drug-likeness (QED) is 0.926. The van der Waals surface area contributed by atoms with E-state index in [0.29, 0.717) is 6.04 Å².